The average Bonchev–Trinajstić information content (AvgIpc) is 3.07. The van der Waals surface area contributed by atoms with Crippen molar-refractivity contribution in [3.63, 3.8) is 0 Å². The quantitative estimate of drug-likeness (QED) is 0.203. The minimum absolute atomic E-state index is 0.466. The molecule has 0 saturated carbocycles. The van der Waals surface area contributed by atoms with E-state index in [0.29, 0.717) is 22.8 Å². The van der Waals surface area contributed by atoms with Gasteiger partial charge in [0.1, 0.15) is 5.65 Å². The second kappa shape index (κ2) is 10.2. The first kappa shape index (κ1) is 26.8. The van der Waals surface area contributed by atoms with Crippen molar-refractivity contribution in [1.29, 1.82) is 0 Å². The van der Waals surface area contributed by atoms with Gasteiger partial charge >= 0.3 is 5.97 Å². The number of pyridine rings is 2. The number of nitrogens with zero attached hydrogens (tertiary/aromatic N) is 3. The Morgan fingerprint density at radius 3 is 2.35 bits per heavy atom. The van der Waals surface area contributed by atoms with E-state index in [9.17, 15) is 9.18 Å². The molecule has 0 aliphatic carbocycles. The van der Waals surface area contributed by atoms with E-state index in [2.05, 4.69) is 9.55 Å². The number of aryl methyl sites for hydroxylation is 2. The van der Waals surface area contributed by atoms with E-state index >= 15 is 0 Å². The molecule has 3 heterocycles. The predicted molar refractivity (Wildman–Crippen MR) is 143 cm³/mol. The van der Waals surface area contributed by atoms with Crippen LogP contribution in [0.5, 0.6) is 0 Å². The van der Waals surface area contributed by atoms with Crippen molar-refractivity contribution in [3.8, 4) is 11.1 Å². The number of fused-ring (bicyclic) bond motifs is 1. The minimum atomic E-state index is -0.989. The van der Waals surface area contributed by atoms with Crippen LogP contribution in [0.3, 0.4) is 0 Å². The van der Waals surface area contributed by atoms with Crippen molar-refractivity contribution in [2.24, 2.45) is 0 Å². The van der Waals surface area contributed by atoms with E-state index in [4.69, 9.17) is 26.1 Å². The Morgan fingerprint density at radius 2 is 1.78 bits per heavy atom. The highest BCUT2D eigenvalue weighted by atomic mass is 35.5. The Balaban J connectivity index is 2.06. The third-order valence-corrected chi connectivity index (χ3v) is 6.65. The molecule has 0 aliphatic heterocycles. The highest BCUT2D eigenvalue weighted by Crippen LogP contribution is 2.42. The number of aromatic nitrogens is 3. The number of ether oxygens (including phenoxy) is 2. The molecule has 0 radical (unpaired) electrons. The highest BCUT2D eigenvalue weighted by molar-refractivity contribution is 6.30. The summed E-state index contributed by atoms with van der Waals surface area (Å²) in [6, 6.07) is 10.6. The molecule has 8 heteroatoms. The minimum Gasteiger partial charge on any atom is -0.467 e. The van der Waals surface area contributed by atoms with Crippen LogP contribution in [-0.4, -0.2) is 33.2 Å². The van der Waals surface area contributed by atoms with Crippen LogP contribution in [0.25, 0.3) is 22.2 Å². The second-order valence-corrected chi connectivity index (χ2v) is 10.5. The van der Waals surface area contributed by atoms with Gasteiger partial charge in [-0.2, -0.15) is 4.39 Å². The second-order valence-electron chi connectivity index (χ2n) is 10.1. The van der Waals surface area contributed by atoms with Crippen molar-refractivity contribution < 1.29 is 18.7 Å². The molecule has 0 bridgehead atoms. The van der Waals surface area contributed by atoms with Crippen LogP contribution in [0.15, 0.2) is 42.6 Å². The standard InChI is InChI=1S/C29H31ClFN3O3/c1-16-18(3)34(15-19-8-13-22(31)32-14-19)27-23(16)25(20-9-11-21(30)12-10-20)24(17(2)33-27)26(28(35)36-7)37-29(4,5)6/h8-14,26H,15H2,1-7H3/t26-/m0/s1. The number of hydrogen-bond donors (Lipinski definition) is 0. The van der Waals surface area contributed by atoms with Gasteiger partial charge in [0.15, 0.2) is 6.10 Å². The molecule has 0 amide bonds. The van der Waals surface area contributed by atoms with E-state index < -0.39 is 23.6 Å². The summed E-state index contributed by atoms with van der Waals surface area (Å²) in [5, 5.41) is 1.51. The van der Waals surface area contributed by atoms with E-state index in [0.717, 1.165) is 39.0 Å². The lowest BCUT2D eigenvalue weighted by Crippen LogP contribution is -2.29. The van der Waals surface area contributed by atoms with Crippen LogP contribution >= 0.6 is 11.6 Å². The maximum atomic E-state index is 13.4. The molecule has 0 fully saturated rings. The van der Waals surface area contributed by atoms with E-state index in [1.54, 1.807) is 6.07 Å². The van der Waals surface area contributed by atoms with Gasteiger partial charge in [-0.3, -0.25) is 0 Å². The predicted octanol–water partition coefficient (Wildman–Crippen LogP) is 6.89. The van der Waals surface area contributed by atoms with Gasteiger partial charge in [0.2, 0.25) is 5.95 Å². The van der Waals surface area contributed by atoms with E-state index in [1.807, 2.05) is 65.8 Å². The first-order valence-electron chi connectivity index (χ1n) is 12.0. The summed E-state index contributed by atoms with van der Waals surface area (Å²) < 4.78 is 27.0. The summed E-state index contributed by atoms with van der Waals surface area (Å²) in [6.45, 7) is 12.1. The van der Waals surface area contributed by atoms with Crippen molar-refractivity contribution in [1.82, 2.24) is 14.5 Å². The smallest absolute Gasteiger partial charge is 0.339 e. The Morgan fingerprint density at radius 1 is 1.11 bits per heavy atom. The third-order valence-electron chi connectivity index (χ3n) is 6.40. The molecule has 0 saturated heterocycles. The topological polar surface area (TPSA) is 66.2 Å². The van der Waals surface area contributed by atoms with Crippen LogP contribution in [0.1, 0.15) is 55.0 Å². The number of halogens is 2. The molecule has 6 nitrogen and oxygen atoms in total. The normalized spacial score (nSPS) is 12.7. The van der Waals surface area contributed by atoms with Gasteiger partial charge in [-0.25, -0.2) is 14.8 Å². The molecular weight excluding hydrogens is 493 g/mol. The summed E-state index contributed by atoms with van der Waals surface area (Å²) in [7, 11) is 1.35. The molecule has 3 aromatic heterocycles. The first-order valence-corrected chi connectivity index (χ1v) is 12.4. The molecule has 37 heavy (non-hydrogen) atoms. The molecule has 0 spiro atoms. The number of methoxy groups -OCH3 is 1. The molecule has 4 aromatic rings. The van der Waals surface area contributed by atoms with Crippen LogP contribution in [0.4, 0.5) is 4.39 Å². The van der Waals surface area contributed by atoms with Crippen molar-refractivity contribution in [2.45, 2.75) is 59.8 Å². The number of hydrogen-bond acceptors (Lipinski definition) is 5. The third kappa shape index (κ3) is 5.38. The number of rotatable bonds is 6. The summed E-state index contributed by atoms with van der Waals surface area (Å²) in [6.07, 6.45) is 0.541. The first-order chi connectivity index (χ1) is 17.4. The summed E-state index contributed by atoms with van der Waals surface area (Å²) >= 11 is 6.23. The number of carbonyl (C=O) groups is 1. The van der Waals surface area contributed by atoms with Crippen molar-refractivity contribution in [3.05, 3.63) is 81.6 Å². The Hall–Kier alpha value is -3.29. The molecule has 1 aromatic carbocycles. The fraction of sp³-hybridized carbons (Fsp3) is 0.345. The van der Waals surface area contributed by atoms with Crippen LogP contribution < -0.4 is 0 Å². The molecule has 1 atom stereocenters. The van der Waals surface area contributed by atoms with Crippen LogP contribution in [0.2, 0.25) is 5.02 Å². The molecule has 0 N–H and O–H groups in total. The Kier molecular flexibility index (Phi) is 7.40. The zero-order chi connectivity index (χ0) is 27.1. The largest absolute Gasteiger partial charge is 0.467 e. The number of benzene rings is 1. The molecular formula is C29H31ClFN3O3. The fourth-order valence-electron chi connectivity index (χ4n) is 4.59. The van der Waals surface area contributed by atoms with E-state index in [-0.39, 0.29) is 0 Å². The van der Waals surface area contributed by atoms with Gasteiger partial charge < -0.3 is 14.0 Å². The van der Waals surface area contributed by atoms with Gasteiger partial charge in [0, 0.05) is 39.1 Å². The molecule has 0 unspecified atom stereocenters. The summed E-state index contributed by atoms with van der Waals surface area (Å²) in [5.41, 5.74) is 6.03. The van der Waals surface area contributed by atoms with Gasteiger partial charge in [0.05, 0.1) is 19.3 Å². The number of carbonyl (C=O) groups excluding carboxylic acids is 1. The lowest BCUT2D eigenvalue weighted by atomic mass is 9.91. The summed E-state index contributed by atoms with van der Waals surface area (Å²) in [5.74, 6) is -1.02. The van der Waals surface area contributed by atoms with Gasteiger partial charge in [-0.05, 0) is 76.4 Å². The zero-order valence-electron chi connectivity index (χ0n) is 22.1. The zero-order valence-corrected chi connectivity index (χ0v) is 22.9. The Bertz CT molecular complexity index is 1460. The van der Waals surface area contributed by atoms with Crippen LogP contribution in [0, 0.1) is 26.7 Å². The Labute approximate surface area is 221 Å². The molecule has 0 aliphatic rings. The highest BCUT2D eigenvalue weighted by Gasteiger charge is 2.34. The summed E-state index contributed by atoms with van der Waals surface area (Å²) in [4.78, 5) is 21.9. The lowest BCUT2D eigenvalue weighted by Gasteiger charge is -2.29. The molecule has 194 valence electrons. The SMILES string of the molecule is COC(=O)[C@@H](OC(C)(C)C)c1c(C)nc2c(c(C)c(C)n2Cc2ccc(F)nc2)c1-c1ccc(Cl)cc1. The molecule has 4 rings (SSSR count). The van der Waals surface area contributed by atoms with Gasteiger partial charge in [-0.15, -0.1) is 0 Å². The average molecular weight is 524 g/mol. The van der Waals surface area contributed by atoms with Crippen molar-refractivity contribution in [2.75, 3.05) is 7.11 Å². The number of esters is 1. The van der Waals surface area contributed by atoms with Gasteiger partial charge in [-0.1, -0.05) is 29.8 Å². The lowest BCUT2D eigenvalue weighted by molar-refractivity contribution is -0.164. The van der Waals surface area contributed by atoms with Gasteiger partial charge in [0.25, 0.3) is 0 Å². The monoisotopic (exact) mass is 523 g/mol. The van der Waals surface area contributed by atoms with Crippen LogP contribution in [-0.2, 0) is 20.8 Å². The van der Waals surface area contributed by atoms with Crippen molar-refractivity contribution >= 4 is 28.6 Å². The maximum Gasteiger partial charge on any atom is 0.339 e. The van der Waals surface area contributed by atoms with E-state index in [1.165, 1.54) is 19.4 Å². The fourth-order valence-corrected chi connectivity index (χ4v) is 4.72. The maximum absolute atomic E-state index is 13.4.